The highest BCUT2D eigenvalue weighted by Crippen LogP contribution is 1.96. The van der Waals surface area contributed by atoms with Gasteiger partial charge in [-0.05, 0) is 18.4 Å². The van der Waals surface area contributed by atoms with E-state index in [0.29, 0.717) is 6.54 Å². The Morgan fingerprint density at radius 3 is 2.44 bits per heavy atom. The molecule has 1 nitrogen and oxygen atoms in total. The minimum atomic E-state index is -0.109. The van der Waals surface area contributed by atoms with Crippen LogP contribution in [0.2, 0.25) is 0 Å². The van der Waals surface area contributed by atoms with E-state index >= 15 is 0 Å². The maximum Gasteiger partial charge on any atom is 0.119 e. The fourth-order valence-electron chi connectivity index (χ4n) is 0.436. The lowest BCUT2D eigenvalue weighted by molar-refractivity contribution is 0.594. The zero-order chi connectivity index (χ0) is 7.11. The molecule has 0 atom stereocenters. The number of hydrogen-bond acceptors (Lipinski definition) is 1. The molecule has 0 radical (unpaired) electrons. The largest absolute Gasteiger partial charge is 0.384 e. The van der Waals surface area contributed by atoms with Crippen molar-refractivity contribution in [3.63, 3.8) is 0 Å². The first-order valence-electron chi connectivity index (χ1n) is 3.14. The van der Waals surface area contributed by atoms with Gasteiger partial charge in [0.25, 0.3) is 0 Å². The molecule has 0 aliphatic carbocycles. The molecular formula is C7H12FN. The van der Waals surface area contributed by atoms with Crippen molar-refractivity contribution in [1.29, 1.82) is 0 Å². The van der Waals surface area contributed by atoms with E-state index in [1.165, 1.54) is 6.08 Å². The van der Waals surface area contributed by atoms with Gasteiger partial charge in [0.15, 0.2) is 0 Å². The van der Waals surface area contributed by atoms with Crippen LogP contribution >= 0.6 is 0 Å². The molecule has 0 aromatic heterocycles. The Kier molecular flexibility index (Phi) is 4.88. The number of rotatable bonds is 0. The standard InChI is InChI=1S/C5H6FN.C2H6/c6-5-2-1-3-7-4-5;1-2/h1-3,7H,4H2;1-2H3. The van der Waals surface area contributed by atoms with Crippen molar-refractivity contribution >= 4 is 0 Å². The minimum Gasteiger partial charge on any atom is -0.384 e. The van der Waals surface area contributed by atoms with E-state index in [2.05, 4.69) is 5.32 Å². The Morgan fingerprint density at radius 1 is 1.56 bits per heavy atom. The first-order chi connectivity index (χ1) is 4.39. The van der Waals surface area contributed by atoms with Gasteiger partial charge in [-0.3, -0.25) is 0 Å². The van der Waals surface area contributed by atoms with Crippen LogP contribution in [-0.2, 0) is 0 Å². The van der Waals surface area contributed by atoms with E-state index < -0.39 is 0 Å². The van der Waals surface area contributed by atoms with Gasteiger partial charge in [-0.15, -0.1) is 0 Å². The molecule has 1 aliphatic rings. The normalized spacial score (nSPS) is 14.8. The van der Waals surface area contributed by atoms with Gasteiger partial charge in [-0.1, -0.05) is 13.8 Å². The number of halogens is 1. The van der Waals surface area contributed by atoms with E-state index in [1.54, 1.807) is 12.3 Å². The molecule has 52 valence electrons. The molecule has 1 heterocycles. The van der Waals surface area contributed by atoms with Crippen molar-refractivity contribution in [3.8, 4) is 0 Å². The molecule has 1 N–H and O–H groups in total. The zero-order valence-electron chi connectivity index (χ0n) is 5.82. The molecule has 0 aromatic carbocycles. The third kappa shape index (κ3) is 3.76. The summed E-state index contributed by atoms with van der Waals surface area (Å²) >= 11 is 0. The van der Waals surface area contributed by atoms with Gasteiger partial charge < -0.3 is 5.32 Å². The highest BCUT2D eigenvalue weighted by atomic mass is 19.1. The SMILES string of the molecule is CC.FC1=CC=CNC1. The molecule has 9 heavy (non-hydrogen) atoms. The third-order valence-corrected chi connectivity index (χ3v) is 0.762. The highest BCUT2D eigenvalue weighted by molar-refractivity contribution is 5.12. The van der Waals surface area contributed by atoms with Crippen LogP contribution in [0.4, 0.5) is 4.39 Å². The van der Waals surface area contributed by atoms with Crippen LogP contribution < -0.4 is 5.32 Å². The van der Waals surface area contributed by atoms with Gasteiger partial charge in [0.1, 0.15) is 5.83 Å². The molecule has 0 amide bonds. The number of dihydropyridines is 1. The van der Waals surface area contributed by atoms with Crippen molar-refractivity contribution in [2.24, 2.45) is 0 Å². The zero-order valence-corrected chi connectivity index (χ0v) is 5.82. The summed E-state index contributed by atoms with van der Waals surface area (Å²) in [6.07, 6.45) is 4.79. The predicted molar refractivity (Wildman–Crippen MR) is 37.7 cm³/mol. The Morgan fingerprint density at radius 2 is 2.22 bits per heavy atom. The summed E-state index contributed by atoms with van der Waals surface area (Å²) in [6, 6.07) is 0. The molecule has 0 saturated heterocycles. The van der Waals surface area contributed by atoms with E-state index in [0.717, 1.165) is 0 Å². The van der Waals surface area contributed by atoms with Gasteiger partial charge in [-0.2, -0.15) is 0 Å². The molecular weight excluding hydrogens is 117 g/mol. The van der Waals surface area contributed by atoms with Crippen LogP contribution in [0.1, 0.15) is 13.8 Å². The van der Waals surface area contributed by atoms with Gasteiger partial charge in [0.05, 0.1) is 6.54 Å². The van der Waals surface area contributed by atoms with Crippen molar-refractivity contribution in [2.45, 2.75) is 13.8 Å². The van der Waals surface area contributed by atoms with Gasteiger partial charge >= 0.3 is 0 Å². The van der Waals surface area contributed by atoms with Crippen molar-refractivity contribution in [3.05, 3.63) is 24.2 Å². The van der Waals surface area contributed by atoms with Crippen LogP contribution in [0, 0.1) is 0 Å². The van der Waals surface area contributed by atoms with Crippen LogP contribution in [0.3, 0.4) is 0 Å². The molecule has 0 unspecified atom stereocenters. The number of nitrogens with one attached hydrogen (secondary N) is 1. The minimum absolute atomic E-state index is 0.109. The lowest BCUT2D eigenvalue weighted by Crippen LogP contribution is -2.09. The van der Waals surface area contributed by atoms with E-state index in [-0.39, 0.29) is 5.83 Å². The highest BCUT2D eigenvalue weighted by Gasteiger charge is 1.91. The Bertz CT molecular complexity index is 116. The molecule has 0 bridgehead atoms. The lowest BCUT2D eigenvalue weighted by Gasteiger charge is -1.99. The van der Waals surface area contributed by atoms with Crippen LogP contribution in [0.25, 0.3) is 0 Å². The first-order valence-corrected chi connectivity index (χ1v) is 3.14. The second-order valence-electron chi connectivity index (χ2n) is 1.35. The second-order valence-corrected chi connectivity index (χ2v) is 1.35. The van der Waals surface area contributed by atoms with Gasteiger partial charge in [0, 0.05) is 0 Å². The van der Waals surface area contributed by atoms with Crippen LogP contribution in [-0.4, -0.2) is 6.54 Å². The average molecular weight is 129 g/mol. The van der Waals surface area contributed by atoms with E-state index in [1.807, 2.05) is 13.8 Å². The maximum absolute atomic E-state index is 11.9. The molecule has 0 spiro atoms. The maximum atomic E-state index is 11.9. The van der Waals surface area contributed by atoms with Crippen molar-refractivity contribution in [2.75, 3.05) is 6.54 Å². The monoisotopic (exact) mass is 129 g/mol. The molecule has 0 saturated carbocycles. The summed E-state index contributed by atoms with van der Waals surface area (Å²) in [5, 5.41) is 2.71. The van der Waals surface area contributed by atoms with Crippen molar-refractivity contribution < 1.29 is 4.39 Å². The Balaban J connectivity index is 0.000000291. The smallest absolute Gasteiger partial charge is 0.119 e. The van der Waals surface area contributed by atoms with Crippen molar-refractivity contribution in [1.82, 2.24) is 5.32 Å². The average Bonchev–Trinajstić information content (AvgIpc) is 1.94. The van der Waals surface area contributed by atoms with Crippen LogP contribution in [0.5, 0.6) is 0 Å². The fraction of sp³-hybridized carbons (Fsp3) is 0.429. The first kappa shape index (κ1) is 8.21. The summed E-state index contributed by atoms with van der Waals surface area (Å²) in [7, 11) is 0. The summed E-state index contributed by atoms with van der Waals surface area (Å²) in [5.74, 6) is -0.109. The topological polar surface area (TPSA) is 12.0 Å². The predicted octanol–water partition coefficient (Wildman–Crippen LogP) is 1.98. The quantitative estimate of drug-likeness (QED) is 0.527. The molecule has 0 fully saturated rings. The lowest BCUT2D eigenvalue weighted by atomic mass is 10.4. The second kappa shape index (κ2) is 5.35. The number of allylic oxidation sites excluding steroid dienone is 2. The Hall–Kier alpha value is -0.790. The van der Waals surface area contributed by atoms with E-state index in [4.69, 9.17) is 0 Å². The van der Waals surface area contributed by atoms with E-state index in [9.17, 15) is 4.39 Å². The fourth-order valence-corrected chi connectivity index (χ4v) is 0.436. The number of hydrogen-bond donors (Lipinski definition) is 1. The summed E-state index contributed by atoms with van der Waals surface area (Å²) < 4.78 is 11.9. The van der Waals surface area contributed by atoms with Gasteiger partial charge in [-0.25, -0.2) is 4.39 Å². The van der Waals surface area contributed by atoms with Gasteiger partial charge in [0.2, 0.25) is 0 Å². The molecule has 1 rings (SSSR count). The third-order valence-electron chi connectivity index (χ3n) is 0.762. The summed E-state index contributed by atoms with van der Waals surface area (Å²) in [6.45, 7) is 4.34. The summed E-state index contributed by atoms with van der Waals surface area (Å²) in [5.41, 5.74) is 0. The molecule has 1 aliphatic heterocycles. The Labute approximate surface area is 55.3 Å². The molecule has 0 aromatic rings. The molecule has 2 heteroatoms. The summed E-state index contributed by atoms with van der Waals surface area (Å²) in [4.78, 5) is 0. The van der Waals surface area contributed by atoms with Crippen LogP contribution in [0.15, 0.2) is 24.2 Å².